The molecule has 1 heterocycles. The minimum absolute atomic E-state index is 0.115. The maximum Gasteiger partial charge on any atom is 0.322 e. The van der Waals surface area contributed by atoms with Gasteiger partial charge in [-0.15, -0.1) is 0 Å². The number of anilines is 1. The molecule has 0 radical (unpaired) electrons. The standard InChI is InChI=1S/C12H15N3O2/c1-9-3-2-4-10(7-9)14-12(17)15-6-5-13-11(16)8-15/h2-4,7H,5-6,8H2,1H3,(H,13,16)(H,14,17). The van der Waals surface area contributed by atoms with E-state index in [1.165, 1.54) is 4.90 Å². The lowest BCUT2D eigenvalue weighted by atomic mass is 10.2. The molecule has 0 aromatic heterocycles. The van der Waals surface area contributed by atoms with Crippen molar-refractivity contribution in [3.05, 3.63) is 29.8 Å². The minimum Gasteiger partial charge on any atom is -0.353 e. The molecule has 0 saturated carbocycles. The molecular formula is C12H15N3O2. The number of carbonyl (C=O) groups is 2. The summed E-state index contributed by atoms with van der Waals surface area (Å²) in [7, 11) is 0. The van der Waals surface area contributed by atoms with Gasteiger partial charge >= 0.3 is 6.03 Å². The van der Waals surface area contributed by atoms with E-state index < -0.39 is 0 Å². The highest BCUT2D eigenvalue weighted by Gasteiger charge is 2.20. The molecule has 0 bridgehead atoms. The van der Waals surface area contributed by atoms with Crippen LogP contribution in [0.25, 0.3) is 0 Å². The van der Waals surface area contributed by atoms with Gasteiger partial charge in [-0.25, -0.2) is 4.79 Å². The molecule has 0 aliphatic carbocycles. The first kappa shape index (κ1) is 11.4. The van der Waals surface area contributed by atoms with Gasteiger partial charge in [-0.3, -0.25) is 4.79 Å². The van der Waals surface area contributed by atoms with Crippen molar-refractivity contribution < 1.29 is 9.59 Å². The average Bonchev–Trinajstić information content (AvgIpc) is 2.29. The highest BCUT2D eigenvalue weighted by molar-refractivity contribution is 5.93. The van der Waals surface area contributed by atoms with Crippen LogP contribution in [0.15, 0.2) is 24.3 Å². The number of rotatable bonds is 1. The number of aryl methyl sites for hydroxylation is 1. The Bertz CT molecular complexity index is 445. The monoisotopic (exact) mass is 233 g/mol. The van der Waals surface area contributed by atoms with E-state index in [2.05, 4.69) is 10.6 Å². The molecule has 0 spiro atoms. The van der Waals surface area contributed by atoms with Gasteiger partial charge in [-0.1, -0.05) is 12.1 Å². The molecule has 5 heteroatoms. The third-order valence-electron chi connectivity index (χ3n) is 2.59. The van der Waals surface area contributed by atoms with Crippen LogP contribution in [-0.2, 0) is 4.79 Å². The Hall–Kier alpha value is -2.04. The molecule has 0 unspecified atom stereocenters. The second-order valence-corrected chi connectivity index (χ2v) is 4.07. The highest BCUT2D eigenvalue weighted by atomic mass is 16.2. The van der Waals surface area contributed by atoms with Gasteiger partial charge in [0.05, 0.1) is 0 Å². The van der Waals surface area contributed by atoms with Crippen LogP contribution in [0.3, 0.4) is 0 Å². The number of hydrogen-bond acceptors (Lipinski definition) is 2. The number of benzene rings is 1. The van der Waals surface area contributed by atoms with Crippen molar-refractivity contribution in [1.82, 2.24) is 10.2 Å². The lowest BCUT2D eigenvalue weighted by molar-refractivity contribution is -0.123. The fraction of sp³-hybridized carbons (Fsp3) is 0.333. The van der Waals surface area contributed by atoms with E-state index in [1.54, 1.807) is 0 Å². The summed E-state index contributed by atoms with van der Waals surface area (Å²) in [4.78, 5) is 24.5. The Morgan fingerprint density at radius 2 is 2.29 bits per heavy atom. The maximum atomic E-state index is 11.9. The Morgan fingerprint density at radius 3 is 3.00 bits per heavy atom. The van der Waals surface area contributed by atoms with Gasteiger partial charge in [0.25, 0.3) is 0 Å². The third kappa shape index (κ3) is 2.96. The molecule has 2 rings (SSSR count). The molecule has 17 heavy (non-hydrogen) atoms. The molecule has 1 aliphatic heterocycles. The van der Waals surface area contributed by atoms with E-state index in [-0.39, 0.29) is 18.5 Å². The van der Waals surface area contributed by atoms with Gasteiger partial charge in [0.2, 0.25) is 5.91 Å². The zero-order valence-electron chi connectivity index (χ0n) is 9.69. The maximum absolute atomic E-state index is 11.9. The van der Waals surface area contributed by atoms with Crippen molar-refractivity contribution in [2.45, 2.75) is 6.92 Å². The topological polar surface area (TPSA) is 61.4 Å². The second-order valence-electron chi connectivity index (χ2n) is 4.07. The summed E-state index contributed by atoms with van der Waals surface area (Å²) in [6, 6.07) is 7.33. The Kier molecular flexibility index (Phi) is 3.27. The minimum atomic E-state index is -0.231. The molecule has 1 saturated heterocycles. The fourth-order valence-electron chi connectivity index (χ4n) is 1.74. The quantitative estimate of drug-likeness (QED) is 0.759. The first-order valence-corrected chi connectivity index (χ1v) is 5.54. The molecule has 90 valence electrons. The number of piperazine rings is 1. The molecule has 1 aliphatic rings. The number of nitrogens with one attached hydrogen (secondary N) is 2. The van der Waals surface area contributed by atoms with Crippen LogP contribution in [0, 0.1) is 6.92 Å². The largest absolute Gasteiger partial charge is 0.353 e. The summed E-state index contributed by atoms with van der Waals surface area (Å²) < 4.78 is 0. The van der Waals surface area contributed by atoms with Crippen molar-refractivity contribution in [2.75, 3.05) is 25.0 Å². The summed E-state index contributed by atoms with van der Waals surface area (Å²) in [6.07, 6.45) is 0. The Labute approximate surface area is 99.8 Å². The number of urea groups is 1. The number of amides is 3. The van der Waals surface area contributed by atoms with Crippen LogP contribution in [0.2, 0.25) is 0 Å². The number of hydrogen-bond donors (Lipinski definition) is 2. The summed E-state index contributed by atoms with van der Waals surface area (Å²) in [6.45, 7) is 3.14. The van der Waals surface area contributed by atoms with Crippen LogP contribution >= 0.6 is 0 Å². The van der Waals surface area contributed by atoms with Crippen LogP contribution in [0.1, 0.15) is 5.56 Å². The van der Waals surface area contributed by atoms with E-state index in [9.17, 15) is 9.59 Å². The summed E-state index contributed by atoms with van der Waals surface area (Å²) >= 11 is 0. The first-order chi connectivity index (χ1) is 8.15. The number of carbonyl (C=O) groups excluding carboxylic acids is 2. The van der Waals surface area contributed by atoms with Crippen LogP contribution in [-0.4, -0.2) is 36.5 Å². The lowest BCUT2D eigenvalue weighted by Gasteiger charge is -2.26. The normalized spacial score (nSPS) is 15.4. The summed E-state index contributed by atoms with van der Waals surface area (Å²) in [5.74, 6) is -0.115. The van der Waals surface area contributed by atoms with E-state index >= 15 is 0 Å². The second kappa shape index (κ2) is 4.86. The van der Waals surface area contributed by atoms with Gasteiger partial charge in [-0.05, 0) is 24.6 Å². The predicted molar refractivity (Wildman–Crippen MR) is 64.8 cm³/mol. The van der Waals surface area contributed by atoms with Gasteiger partial charge in [0, 0.05) is 18.8 Å². The van der Waals surface area contributed by atoms with E-state index in [0.29, 0.717) is 13.1 Å². The van der Waals surface area contributed by atoms with Crippen LogP contribution in [0.4, 0.5) is 10.5 Å². The van der Waals surface area contributed by atoms with Crippen molar-refractivity contribution in [1.29, 1.82) is 0 Å². The van der Waals surface area contributed by atoms with Crippen LogP contribution in [0.5, 0.6) is 0 Å². The fourth-order valence-corrected chi connectivity index (χ4v) is 1.74. The molecule has 1 aromatic carbocycles. The van der Waals surface area contributed by atoms with Crippen molar-refractivity contribution in [2.24, 2.45) is 0 Å². The van der Waals surface area contributed by atoms with Crippen molar-refractivity contribution in [3.8, 4) is 0 Å². The molecule has 5 nitrogen and oxygen atoms in total. The molecular weight excluding hydrogens is 218 g/mol. The molecule has 3 amide bonds. The molecule has 2 N–H and O–H groups in total. The van der Waals surface area contributed by atoms with E-state index in [0.717, 1.165) is 11.3 Å². The van der Waals surface area contributed by atoms with Gasteiger partial charge in [0.15, 0.2) is 0 Å². The zero-order chi connectivity index (χ0) is 12.3. The third-order valence-corrected chi connectivity index (χ3v) is 2.59. The summed E-state index contributed by atoms with van der Waals surface area (Å²) in [5, 5.41) is 5.46. The van der Waals surface area contributed by atoms with E-state index in [1.807, 2.05) is 31.2 Å². The zero-order valence-corrected chi connectivity index (χ0v) is 9.69. The summed E-state index contributed by atoms with van der Waals surface area (Å²) in [5.41, 5.74) is 1.83. The Morgan fingerprint density at radius 1 is 1.47 bits per heavy atom. The van der Waals surface area contributed by atoms with Crippen molar-refractivity contribution >= 4 is 17.6 Å². The Balaban J connectivity index is 1.99. The molecule has 1 aromatic rings. The van der Waals surface area contributed by atoms with Crippen molar-refractivity contribution in [3.63, 3.8) is 0 Å². The predicted octanol–water partition coefficient (Wildman–Crippen LogP) is 0.959. The number of nitrogens with zero attached hydrogens (tertiary/aromatic N) is 1. The average molecular weight is 233 g/mol. The molecule has 1 fully saturated rings. The van der Waals surface area contributed by atoms with Gasteiger partial charge in [-0.2, -0.15) is 0 Å². The smallest absolute Gasteiger partial charge is 0.322 e. The van der Waals surface area contributed by atoms with Gasteiger partial charge in [0.1, 0.15) is 6.54 Å². The molecule has 0 atom stereocenters. The first-order valence-electron chi connectivity index (χ1n) is 5.54. The van der Waals surface area contributed by atoms with Gasteiger partial charge < -0.3 is 15.5 Å². The lowest BCUT2D eigenvalue weighted by Crippen LogP contribution is -2.51. The highest BCUT2D eigenvalue weighted by Crippen LogP contribution is 2.10. The SMILES string of the molecule is Cc1cccc(NC(=O)N2CCNC(=O)C2)c1. The van der Waals surface area contributed by atoms with E-state index in [4.69, 9.17) is 0 Å². The van der Waals surface area contributed by atoms with Crippen LogP contribution < -0.4 is 10.6 Å².